The Bertz CT molecular complexity index is 1070. The van der Waals surface area contributed by atoms with Crippen LogP contribution in [0.4, 0.5) is 4.39 Å². The van der Waals surface area contributed by atoms with E-state index in [9.17, 15) is 15.0 Å². The SMILES string of the molecule is CCCCCCCCN(CCCCCC1Cc2cc(O)ccc2C2C(F)C[C@]3(C)C(O)CCC3C12)C(=O)CCC1CCCCC1. The Hall–Kier alpha value is -1.62. The number of aromatic hydroxyl groups is 1. The van der Waals surface area contributed by atoms with Crippen LogP contribution in [-0.2, 0) is 11.2 Å². The van der Waals surface area contributed by atoms with Crippen LogP contribution in [0.5, 0.6) is 5.75 Å². The van der Waals surface area contributed by atoms with Crippen molar-refractivity contribution >= 4 is 5.91 Å². The quantitative estimate of drug-likeness (QED) is 0.180. The maximum Gasteiger partial charge on any atom is 0.222 e. The molecule has 1 amide bonds. The van der Waals surface area contributed by atoms with Crippen molar-refractivity contribution in [3.63, 3.8) is 0 Å². The van der Waals surface area contributed by atoms with Crippen LogP contribution >= 0.6 is 0 Å². The van der Waals surface area contributed by atoms with Crippen molar-refractivity contribution in [2.24, 2.45) is 29.1 Å². The number of phenols is 1. The molecule has 4 nitrogen and oxygen atoms in total. The minimum absolute atomic E-state index is 0.127. The number of aliphatic hydroxyl groups excluding tert-OH is 1. The molecule has 3 saturated carbocycles. The van der Waals surface area contributed by atoms with E-state index < -0.39 is 12.3 Å². The number of alkyl halides is 1. The number of halogens is 1. The molecule has 3 fully saturated rings. The lowest BCUT2D eigenvalue weighted by Gasteiger charge is -2.54. The minimum Gasteiger partial charge on any atom is -0.508 e. The summed E-state index contributed by atoms with van der Waals surface area (Å²) in [6.07, 6.45) is 21.9. The molecule has 1 aromatic carbocycles. The van der Waals surface area contributed by atoms with Crippen molar-refractivity contribution in [1.29, 1.82) is 0 Å². The van der Waals surface area contributed by atoms with Crippen LogP contribution in [0.15, 0.2) is 18.2 Å². The summed E-state index contributed by atoms with van der Waals surface area (Å²) in [5.41, 5.74) is 1.89. The van der Waals surface area contributed by atoms with Gasteiger partial charge in [-0.3, -0.25) is 4.79 Å². The third-order valence-corrected chi connectivity index (χ3v) is 12.9. The number of hydrogen-bond acceptors (Lipinski definition) is 3. The van der Waals surface area contributed by atoms with Crippen LogP contribution in [0.1, 0.15) is 159 Å². The molecule has 0 bridgehead atoms. The fourth-order valence-electron chi connectivity index (χ4n) is 10.3. The van der Waals surface area contributed by atoms with Gasteiger partial charge in [0.2, 0.25) is 5.91 Å². The molecule has 0 heterocycles. The van der Waals surface area contributed by atoms with E-state index in [1.165, 1.54) is 64.2 Å². The second-order valence-electron chi connectivity index (χ2n) is 15.9. The van der Waals surface area contributed by atoms with Gasteiger partial charge in [0.25, 0.3) is 0 Å². The van der Waals surface area contributed by atoms with Crippen LogP contribution in [0.3, 0.4) is 0 Å². The number of carbonyl (C=O) groups excluding carboxylic acids is 1. The van der Waals surface area contributed by atoms with Gasteiger partial charge in [0.1, 0.15) is 11.9 Å². The second-order valence-corrected chi connectivity index (χ2v) is 15.9. The molecule has 7 atom stereocenters. The Morgan fingerprint density at radius 3 is 2.40 bits per heavy atom. The zero-order valence-electron chi connectivity index (χ0n) is 28.7. The number of carbonyl (C=O) groups is 1. The summed E-state index contributed by atoms with van der Waals surface area (Å²) in [4.78, 5) is 15.6. The van der Waals surface area contributed by atoms with E-state index >= 15 is 4.39 Å². The summed E-state index contributed by atoms with van der Waals surface area (Å²) < 4.78 is 16.1. The lowest BCUT2D eigenvalue weighted by molar-refractivity contribution is -0.131. The number of benzene rings is 1. The van der Waals surface area contributed by atoms with E-state index in [1.807, 2.05) is 12.1 Å². The first-order chi connectivity index (χ1) is 21.8. The van der Waals surface area contributed by atoms with Gasteiger partial charge in [0.05, 0.1) is 6.10 Å². The Morgan fingerprint density at radius 2 is 1.64 bits per heavy atom. The summed E-state index contributed by atoms with van der Waals surface area (Å²) >= 11 is 0. The van der Waals surface area contributed by atoms with Gasteiger partial charge in [0, 0.05) is 25.4 Å². The zero-order chi connectivity index (χ0) is 31.8. The lowest BCUT2D eigenvalue weighted by atomic mass is 9.51. The molecule has 5 heteroatoms. The number of unbranched alkanes of at least 4 members (excludes halogenated alkanes) is 7. The third-order valence-electron chi connectivity index (χ3n) is 12.9. The predicted molar refractivity (Wildman–Crippen MR) is 182 cm³/mol. The topological polar surface area (TPSA) is 60.8 Å². The first-order valence-electron chi connectivity index (χ1n) is 19.2. The normalized spacial score (nSPS) is 31.3. The summed E-state index contributed by atoms with van der Waals surface area (Å²) in [6, 6.07) is 5.58. The number of aliphatic hydroxyl groups is 1. The van der Waals surface area contributed by atoms with Gasteiger partial charge < -0.3 is 15.1 Å². The Labute approximate surface area is 273 Å². The average Bonchev–Trinajstić information content (AvgIpc) is 3.33. The van der Waals surface area contributed by atoms with Gasteiger partial charge in [-0.05, 0) is 104 Å². The number of phenolic OH excluding ortho intramolecular Hbond substituents is 1. The molecule has 0 aliphatic heterocycles. The van der Waals surface area contributed by atoms with E-state index in [0.717, 1.165) is 87.9 Å². The van der Waals surface area contributed by atoms with E-state index in [-0.39, 0.29) is 23.0 Å². The van der Waals surface area contributed by atoms with Gasteiger partial charge in [-0.1, -0.05) is 97.0 Å². The lowest BCUT2D eigenvalue weighted by Crippen LogP contribution is -2.51. The number of nitrogens with zero attached hydrogens (tertiary/aromatic N) is 1. The van der Waals surface area contributed by atoms with Crippen LogP contribution in [0.2, 0.25) is 0 Å². The van der Waals surface area contributed by atoms with E-state index in [4.69, 9.17) is 0 Å². The largest absolute Gasteiger partial charge is 0.508 e. The first-order valence-corrected chi connectivity index (χ1v) is 19.2. The third kappa shape index (κ3) is 8.46. The smallest absolute Gasteiger partial charge is 0.222 e. The second kappa shape index (κ2) is 16.5. The van der Waals surface area contributed by atoms with Crippen LogP contribution in [0.25, 0.3) is 0 Å². The molecule has 0 radical (unpaired) electrons. The average molecular weight is 626 g/mol. The fourth-order valence-corrected chi connectivity index (χ4v) is 10.3. The zero-order valence-corrected chi connectivity index (χ0v) is 28.7. The molecule has 0 saturated heterocycles. The van der Waals surface area contributed by atoms with Crippen molar-refractivity contribution < 1.29 is 19.4 Å². The molecule has 0 aromatic heterocycles. The molecule has 2 N–H and O–H groups in total. The maximum absolute atomic E-state index is 16.1. The molecule has 254 valence electrons. The predicted octanol–water partition coefficient (Wildman–Crippen LogP) is 9.89. The Balaban J connectivity index is 1.16. The van der Waals surface area contributed by atoms with E-state index in [0.29, 0.717) is 30.6 Å². The number of fused-ring (bicyclic) bond motifs is 5. The molecule has 1 aromatic rings. The summed E-state index contributed by atoms with van der Waals surface area (Å²) in [5, 5.41) is 21.2. The van der Waals surface area contributed by atoms with Gasteiger partial charge in [-0.2, -0.15) is 0 Å². The van der Waals surface area contributed by atoms with Crippen molar-refractivity contribution in [3.8, 4) is 5.75 Å². The number of hydrogen-bond donors (Lipinski definition) is 2. The van der Waals surface area contributed by atoms with Crippen molar-refractivity contribution in [2.75, 3.05) is 13.1 Å². The molecule has 4 aliphatic carbocycles. The van der Waals surface area contributed by atoms with Crippen molar-refractivity contribution in [2.45, 2.75) is 167 Å². The van der Waals surface area contributed by atoms with Gasteiger partial charge >= 0.3 is 0 Å². The number of rotatable bonds is 16. The fraction of sp³-hybridized carbons (Fsp3) is 0.825. The van der Waals surface area contributed by atoms with Crippen molar-refractivity contribution in [3.05, 3.63) is 29.3 Å². The molecular weight excluding hydrogens is 561 g/mol. The van der Waals surface area contributed by atoms with Gasteiger partial charge in [-0.25, -0.2) is 4.39 Å². The van der Waals surface area contributed by atoms with Gasteiger partial charge in [0.15, 0.2) is 0 Å². The molecule has 4 aliphatic rings. The highest BCUT2D eigenvalue weighted by Gasteiger charge is 2.59. The van der Waals surface area contributed by atoms with Crippen molar-refractivity contribution in [1.82, 2.24) is 4.90 Å². The highest BCUT2D eigenvalue weighted by Crippen LogP contribution is 2.63. The molecule has 6 unspecified atom stereocenters. The van der Waals surface area contributed by atoms with Crippen LogP contribution in [-0.4, -0.2) is 46.4 Å². The summed E-state index contributed by atoms with van der Waals surface area (Å²) in [6.45, 7) is 6.17. The monoisotopic (exact) mass is 625 g/mol. The van der Waals surface area contributed by atoms with Gasteiger partial charge in [-0.15, -0.1) is 0 Å². The highest BCUT2D eigenvalue weighted by atomic mass is 19.1. The van der Waals surface area contributed by atoms with Crippen LogP contribution < -0.4 is 0 Å². The number of amides is 1. The standard InChI is InChI=1S/C40H64FNO3/c1-3-4-5-6-7-13-24-42(37(45)23-18-29-15-10-8-11-16-29)25-14-9-12-17-30-26-31-27-32(43)19-20-33(31)39-35(41)28-40(2)34(38(30)39)21-22-36(40)44/h19-20,27,29-30,34-36,38-39,43-44H,3-18,21-26,28H2,1-2H3/t30?,34?,35?,36?,38?,39?,40-/m0/s1. The Morgan fingerprint density at radius 1 is 0.933 bits per heavy atom. The minimum atomic E-state index is -0.953. The molecular formula is C40H64FNO3. The Kier molecular flexibility index (Phi) is 12.7. The summed E-state index contributed by atoms with van der Waals surface area (Å²) in [5.74, 6) is 2.24. The molecule has 5 rings (SSSR count). The van der Waals surface area contributed by atoms with E-state index in [1.54, 1.807) is 6.07 Å². The summed E-state index contributed by atoms with van der Waals surface area (Å²) in [7, 11) is 0. The molecule has 0 spiro atoms. The highest BCUT2D eigenvalue weighted by molar-refractivity contribution is 5.76. The maximum atomic E-state index is 16.1. The van der Waals surface area contributed by atoms with E-state index in [2.05, 4.69) is 18.7 Å². The first kappa shape index (κ1) is 34.7. The van der Waals surface area contributed by atoms with Crippen LogP contribution in [0, 0.1) is 29.1 Å². The molecule has 45 heavy (non-hydrogen) atoms.